The van der Waals surface area contributed by atoms with Gasteiger partial charge < -0.3 is 14.8 Å². The first kappa shape index (κ1) is 11.4. The van der Waals surface area contributed by atoms with E-state index >= 15 is 0 Å². The van der Waals surface area contributed by atoms with Crippen molar-refractivity contribution in [3.05, 3.63) is 0 Å². The van der Waals surface area contributed by atoms with Crippen LogP contribution >= 0.6 is 0 Å². The van der Waals surface area contributed by atoms with Gasteiger partial charge >= 0.3 is 6.09 Å². The van der Waals surface area contributed by atoms with Crippen LogP contribution in [0.1, 0.15) is 40.0 Å². The van der Waals surface area contributed by atoms with Crippen molar-refractivity contribution in [2.75, 3.05) is 0 Å². The highest BCUT2D eigenvalue weighted by molar-refractivity contribution is 5.73. The fraction of sp³-hybridized carbons (Fsp3) is 0.833. The van der Waals surface area contributed by atoms with Gasteiger partial charge in [0.25, 0.3) is 0 Å². The average Bonchev–Trinajstić information content (AvgIpc) is 2.76. The fourth-order valence-electron chi connectivity index (χ4n) is 2.68. The molecule has 0 aromatic heterocycles. The summed E-state index contributed by atoms with van der Waals surface area (Å²) < 4.78 is 5.19. The molecule has 2 aliphatic carbocycles. The molecule has 4 nitrogen and oxygen atoms in total. The van der Waals surface area contributed by atoms with E-state index < -0.39 is 11.7 Å². The lowest BCUT2D eigenvalue weighted by molar-refractivity contribution is -0.113. The lowest BCUT2D eigenvalue weighted by Gasteiger charge is -2.24. The first-order chi connectivity index (χ1) is 7.37. The Balaban J connectivity index is 1.91. The molecule has 2 saturated carbocycles. The Morgan fingerprint density at radius 1 is 1.44 bits per heavy atom. The maximum atomic E-state index is 11.6. The third-order valence-corrected chi connectivity index (χ3v) is 3.56. The summed E-state index contributed by atoms with van der Waals surface area (Å²) in [5.74, 6) is 0.491. The van der Waals surface area contributed by atoms with Gasteiger partial charge in [-0.3, -0.25) is 0 Å². The lowest BCUT2D eigenvalue weighted by Crippen LogP contribution is -2.43. The van der Waals surface area contributed by atoms with Crippen LogP contribution in [0.15, 0.2) is 0 Å². The molecule has 16 heavy (non-hydrogen) atoms. The minimum absolute atomic E-state index is 0.0233. The maximum absolute atomic E-state index is 11.6. The average molecular weight is 225 g/mol. The third kappa shape index (κ3) is 1.93. The van der Waals surface area contributed by atoms with Gasteiger partial charge in [-0.25, -0.2) is 4.79 Å². The number of carbonyl (C=O) groups is 2. The number of ether oxygens (including phenoxy) is 1. The van der Waals surface area contributed by atoms with Gasteiger partial charge in [-0.15, -0.1) is 0 Å². The lowest BCUT2D eigenvalue weighted by atomic mass is 10.0. The van der Waals surface area contributed by atoms with Gasteiger partial charge in [0.1, 0.15) is 11.9 Å². The van der Waals surface area contributed by atoms with Crippen LogP contribution in [-0.2, 0) is 9.53 Å². The molecule has 0 heterocycles. The van der Waals surface area contributed by atoms with Crippen molar-refractivity contribution in [3.8, 4) is 0 Å². The van der Waals surface area contributed by atoms with E-state index in [1.54, 1.807) is 0 Å². The van der Waals surface area contributed by atoms with E-state index in [2.05, 4.69) is 5.32 Å². The topological polar surface area (TPSA) is 55.4 Å². The standard InChI is InChI=1S/C12H19NO3/c1-11(2,3)16-10(15)13-9-5-4-8-6-12(8,9)7-14/h7-9H,4-6H2,1-3H3,(H,13,15). The smallest absolute Gasteiger partial charge is 0.407 e. The van der Waals surface area contributed by atoms with Crippen molar-refractivity contribution in [1.29, 1.82) is 0 Å². The van der Waals surface area contributed by atoms with Crippen LogP contribution in [0.25, 0.3) is 0 Å². The zero-order valence-electron chi connectivity index (χ0n) is 10.1. The molecule has 90 valence electrons. The highest BCUT2D eigenvalue weighted by atomic mass is 16.6. The van der Waals surface area contributed by atoms with Crippen molar-refractivity contribution >= 4 is 12.4 Å². The predicted octanol–water partition coefficient (Wildman–Crippen LogP) is 1.88. The van der Waals surface area contributed by atoms with E-state index in [1.807, 2.05) is 20.8 Å². The Bertz CT molecular complexity index is 321. The second kappa shape index (κ2) is 3.47. The number of carbonyl (C=O) groups excluding carboxylic acids is 2. The largest absolute Gasteiger partial charge is 0.444 e. The molecule has 0 radical (unpaired) electrons. The van der Waals surface area contributed by atoms with Crippen LogP contribution in [-0.4, -0.2) is 24.0 Å². The predicted molar refractivity (Wildman–Crippen MR) is 59.0 cm³/mol. The van der Waals surface area contributed by atoms with Crippen molar-refractivity contribution in [2.24, 2.45) is 11.3 Å². The quantitative estimate of drug-likeness (QED) is 0.730. The molecule has 0 bridgehead atoms. The van der Waals surface area contributed by atoms with E-state index in [1.165, 1.54) is 0 Å². The van der Waals surface area contributed by atoms with Gasteiger partial charge in [0.05, 0.1) is 0 Å². The molecule has 2 rings (SSSR count). The van der Waals surface area contributed by atoms with Crippen molar-refractivity contribution in [1.82, 2.24) is 5.32 Å². The number of rotatable bonds is 2. The second-order valence-corrected chi connectivity index (χ2v) is 5.91. The van der Waals surface area contributed by atoms with Gasteiger partial charge in [-0.05, 0) is 46.0 Å². The molecule has 0 aromatic carbocycles. The van der Waals surface area contributed by atoms with Crippen LogP contribution in [0, 0.1) is 11.3 Å². The molecule has 1 amide bonds. The number of hydrogen-bond donors (Lipinski definition) is 1. The summed E-state index contributed by atoms with van der Waals surface area (Å²) in [6.07, 6.45) is 3.47. The number of aldehydes is 1. The number of nitrogens with one attached hydrogen (secondary N) is 1. The molecular weight excluding hydrogens is 206 g/mol. The fourth-order valence-corrected chi connectivity index (χ4v) is 2.68. The van der Waals surface area contributed by atoms with Crippen LogP contribution < -0.4 is 5.32 Å². The Kier molecular flexibility index (Phi) is 2.48. The molecular formula is C12H19NO3. The molecule has 4 heteroatoms. The van der Waals surface area contributed by atoms with Crippen LogP contribution in [0.4, 0.5) is 4.79 Å². The second-order valence-electron chi connectivity index (χ2n) is 5.91. The van der Waals surface area contributed by atoms with Crippen molar-refractivity contribution in [3.63, 3.8) is 0 Å². The number of amides is 1. The van der Waals surface area contributed by atoms with Crippen molar-refractivity contribution < 1.29 is 14.3 Å². The van der Waals surface area contributed by atoms with Gasteiger partial charge in [0.2, 0.25) is 0 Å². The van der Waals surface area contributed by atoms with Crippen LogP contribution in [0.2, 0.25) is 0 Å². The molecule has 3 atom stereocenters. The summed E-state index contributed by atoms with van der Waals surface area (Å²) in [5, 5.41) is 2.83. The monoisotopic (exact) mass is 225 g/mol. The normalized spacial score (nSPS) is 36.4. The molecule has 2 fully saturated rings. The summed E-state index contributed by atoms with van der Waals surface area (Å²) >= 11 is 0. The minimum Gasteiger partial charge on any atom is -0.444 e. The van der Waals surface area contributed by atoms with Gasteiger partial charge in [0.15, 0.2) is 0 Å². The zero-order valence-corrected chi connectivity index (χ0v) is 10.1. The maximum Gasteiger partial charge on any atom is 0.407 e. The van der Waals surface area contributed by atoms with Crippen molar-refractivity contribution in [2.45, 2.75) is 51.7 Å². The molecule has 0 saturated heterocycles. The Labute approximate surface area is 95.7 Å². The summed E-state index contributed by atoms with van der Waals surface area (Å²) in [4.78, 5) is 22.6. The van der Waals surface area contributed by atoms with Crippen LogP contribution in [0.3, 0.4) is 0 Å². The van der Waals surface area contributed by atoms with Gasteiger partial charge in [-0.2, -0.15) is 0 Å². The SMILES string of the molecule is CC(C)(C)OC(=O)NC1CCC2CC21C=O. The first-order valence-electron chi connectivity index (χ1n) is 5.83. The first-order valence-corrected chi connectivity index (χ1v) is 5.83. The van der Waals surface area contributed by atoms with E-state index in [9.17, 15) is 9.59 Å². The molecule has 2 aliphatic rings. The third-order valence-electron chi connectivity index (χ3n) is 3.56. The Morgan fingerprint density at radius 3 is 2.62 bits per heavy atom. The molecule has 0 aromatic rings. The number of alkyl carbamates (subject to hydrolysis) is 1. The Hall–Kier alpha value is -1.06. The van der Waals surface area contributed by atoms with Gasteiger partial charge in [-0.1, -0.05) is 0 Å². The van der Waals surface area contributed by atoms with E-state index in [0.717, 1.165) is 25.5 Å². The summed E-state index contributed by atoms with van der Waals surface area (Å²) in [5.41, 5.74) is -0.753. The number of fused-ring (bicyclic) bond motifs is 1. The molecule has 0 aliphatic heterocycles. The summed E-state index contributed by atoms with van der Waals surface area (Å²) in [6.45, 7) is 5.49. The Morgan fingerprint density at radius 2 is 2.12 bits per heavy atom. The summed E-state index contributed by atoms with van der Waals surface area (Å²) in [7, 11) is 0. The van der Waals surface area contributed by atoms with E-state index in [4.69, 9.17) is 4.74 Å². The molecule has 3 unspecified atom stereocenters. The zero-order chi connectivity index (χ0) is 12.0. The van der Waals surface area contributed by atoms with E-state index in [-0.39, 0.29) is 11.5 Å². The minimum atomic E-state index is -0.486. The summed E-state index contributed by atoms with van der Waals surface area (Å²) in [6, 6.07) is -0.0233. The van der Waals surface area contributed by atoms with Crippen LogP contribution in [0.5, 0.6) is 0 Å². The van der Waals surface area contributed by atoms with E-state index in [0.29, 0.717) is 5.92 Å². The molecule has 1 N–H and O–H groups in total. The number of hydrogen-bond acceptors (Lipinski definition) is 3. The molecule has 0 spiro atoms. The van der Waals surface area contributed by atoms with Gasteiger partial charge in [0, 0.05) is 11.5 Å². The highest BCUT2D eigenvalue weighted by Crippen LogP contribution is 2.61. The highest BCUT2D eigenvalue weighted by Gasteiger charge is 2.63.